The fourth-order valence-electron chi connectivity index (χ4n) is 2.29. The molecule has 0 aliphatic heterocycles. The van der Waals surface area contributed by atoms with Crippen LogP contribution in [0.2, 0.25) is 0 Å². The van der Waals surface area contributed by atoms with Crippen LogP contribution in [0.1, 0.15) is 31.4 Å². The molecule has 2 N–H and O–H groups in total. The van der Waals surface area contributed by atoms with Crippen molar-refractivity contribution in [3.05, 3.63) is 63.2 Å². The molecule has 0 aliphatic rings. The summed E-state index contributed by atoms with van der Waals surface area (Å²) in [5.41, 5.74) is 6.54. The van der Waals surface area contributed by atoms with Gasteiger partial charge in [0.15, 0.2) is 0 Å². The minimum atomic E-state index is -0.323. The smallest absolute Gasteiger partial charge is 0.262 e. The molecule has 0 aromatic heterocycles. The van der Waals surface area contributed by atoms with Crippen molar-refractivity contribution in [1.82, 2.24) is 5.43 Å². The average Bonchev–Trinajstić information content (AvgIpc) is 2.59. The standard InChI is InChI=1S/C19H22IN3O/c1-4-17(21-18-11-10-16(20)12-13(18)2)19(24)23-22-14(3)15-8-6-5-7-9-15/h5-12,17,21H,4H2,1-3H3,(H,23,24)/b22-14-/t17-/m0/s1. The van der Waals surface area contributed by atoms with Gasteiger partial charge in [-0.1, -0.05) is 37.3 Å². The Hall–Kier alpha value is -1.89. The van der Waals surface area contributed by atoms with E-state index in [1.807, 2.05) is 63.2 Å². The third-order valence-electron chi connectivity index (χ3n) is 3.77. The monoisotopic (exact) mass is 435 g/mol. The van der Waals surface area contributed by atoms with Crippen LogP contribution in [0.4, 0.5) is 5.69 Å². The highest BCUT2D eigenvalue weighted by molar-refractivity contribution is 14.1. The van der Waals surface area contributed by atoms with Crippen LogP contribution in [-0.4, -0.2) is 17.7 Å². The van der Waals surface area contributed by atoms with Gasteiger partial charge in [-0.3, -0.25) is 4.79 Å². The molecule has 5 heteroatoms. The van der Waals surface area contributed by atoms with Crippen LogP contribution >= 0.6 is 22.6 Å². The van der Waals surface area contributed by atoms with E-state index in [4.69, 9.17) is 0 Å². The van der Waals surface area contributed by atoms with Gasteiger partial charge in [0.1, 0.15) is 6.04 Å². The number of nitrogens with zero attached hydrogens (tertiary/aromatic N) is 1. The van der Waals surface area contributed by atoms with E-state index in [1.54, 1.807) is 0 Å². The van der Waals surface area contributed by atoms with Crippen molar-refractivity contribution in [2.24, 2.45) is 5.10 Å². The zero-order valence-corrected chi connectivity index (χ0v) is 16.3. The van der Waals surface area contributed by atoms with Gasteiger partial charge in [0.2, 0.25) is 0 Å². The van der Waals surface area contributed by atoms with Gasteiger partial charge in [0, 0.05) is 9.26 Å². The molecule has 2 aromatic carbocycles. The summed E-state index contributed by atoms with van der Waals surface area (Å²) in [5, 5.41) is 7.52. The number of nitrogens with one attached hydrogen (secondary N) is 2. The Kier molecular flexibility index (Phi) is 6.78. The lowest BCUT2D eigenvalue weighted by molar-refractivity contribution is -0.121. The van der Waals surface area contributed by atoms with E-state index in [0.717, 1.165) is 22.5 Å². The highest BCUT2D eigenvalue weighted by Gasteiger charge is 2.16. The van der Waals surface area contributed by atoms with Gasteiger partial charge in [-0.2, -0.15) is 5.10 Å². The number of rotatable bonds is 6. The van der Waals surface area contributed by atoms with E-state index in [0.29, 0.717) is 6.42 Å². The lowest BCUT2D eigenvalue weighted by atomic mass is 10.1. The van der Waals surface area contributed by atoms with E-state index in [9.17, 15) is 4.79 Å². The van der Waals surface area contributed by atoms with E-state index in [2.05, 4.69) is 44.5 Å². The second kappa shape index (κ2) is 8.82. The number of hydrogen-bond donors (Lipinski definition) is 2. The number of amides is 1. The van der Waals surface area contributed by atoms with E-state index in [-0.39, 0.29) is 11.9 Å². The molecule has 0 saturated carbocycles. The summed E-state index contributed by atoms with van der Waals surface area (Å²) in [6.45, 7) is 5.90. The molecule has 0 unspecified atom stereocenters. The van der Waals surface area contributed by atoms with Gasteiger partial charge < -0.3 is 5.32 Å². The van der Waals surface area contributed by atoms with Crippen molar-refractivity contribution in [3.63, 3.8) is 0 Å². The summed E-state index contributed by atoms with van der Waals surface area (Å²) in [4.78, 5) is 12.4. The number of hydrazone groups is 1. The Morgan fingerprint density at radius 2 is 1.92 bits per heavy atom. The topological polar surface area (TPSA) is 53.5 Å². The number of aryl methyl sites for hydroxylation is 1. The molecule has 0 aliphatic carbocycles. The van der Waals surface area contributed by atoms with E-state index in [1.165, 1.54) is 3.57 Å². The maximum Gasteiger partial charge on any atom is 0.262 e. The molecule has 2 rings (SSSR count). The first-order valence-electron chi connectivity index (χ1n) is 7.93. The summed E-state index contributed by atoms with van der Waals surface area (Å²) >= 11 is 2.28. The Labute approximate surface area is 156 Å². The average molecular weight is 435 g/mol. The molecule has 24 heavy (non-hydrogen) atoms. The second-order valence-electron chi connectivity index (χ2n) is 5.60. The SMILES string of the molecule is CC[C@H](Nc1ccc(I)cc1C)C(=O)N/N=C(/C)c1ccccc1. The van der Waals surface area contributed by atoms with Gasteiger partial charge in [-0.25, -0.2) is 5.43 Å². The first-order chi connectivity index (χ1) is 11.5. The molecule has 1 amide bonds. The summed E-state index contributed by atoms with van der Waals surface area (Å²) in [5.74, 6) is -0.134. The van der Waals surface area contributed by atoms with Gasteiger partial charge in [-0.05, 0) is 72.2 Å². The molecule has 2 aromatic rings. The first kappa shape index (κ1) is 18.4. The lowest BCUT2D eigenvalue weighted by Gasteiger charge is -2.18. The van der Waals surface area contributed by atoms with E-state index < -0.39 is 0 Å². The zero-order chi connectivity index (χ0) is 17.5. The molecule has 0 fully saturated rings. The van der Waals surface area contributed by atoms with Crippen LogP contribution in [0.15, 0.2) is 53.6 Å². The predicted octanol–water partition coefficient (Wildman–Crippen LogP) is 4.33. The molecule has 4 nitrogen and oxygen atoms in total. The summed E-state index contributed by atoms with van der Waals surface area (Å²) in [6, 6.07) is 15.6. The van der Waals surface area contributed by atoms with Gasteiger partial charge in [0.25, 0.3) is 5.91 Å². The van der Waals surface area contributed by atoms with Crippen LogP contribution < -0.4 is 10.7 Å². The Bertz CT molecular complexity index is 729. The van der Waals surface area contributed by atoms with E-state index >= 15 is 0 Å². The van der Waals surface area contributed by atoms with Gasteiger partial charge >= 0.3 is 0 Å². The van der Waals surface area contributed by atoms with Crippen molar-refractivity contribution in [2.45, 2.75) is 33.2 Å². The first-order valence-corrected chi connectivity index (χ1v) is 9.01. The number of halogens is 1. The second-order valence-corrected chi connectivity index (χ2v) is 6.85. The van der Waals surface area contributed by atoms with Crippen molar-refractivity contribution in [3.8, 4) is 0 Å². The molecule has 0 spiro atoms. The quantitative estimate of drug-likeness (QED) is 0.403. The Morgan fingerprint density at radius 1 is 1.21 bits per heavy atom. The highest BCUT2D eigenvalue weighted by Crippen LogP contribution is 2.19. The van der Waals surface area contributed by atoms with Crippen molar-refractivity contribution in [1.29, 1.82) is 0 Å². The third-order valence-corrected chi connectivity index (χ3v) is 4.44. The largest absolute Gasteiger partial charge is 0.373 e. The van der Waals surface area contributed by atoms with Crippen molar-refractivity contribution < 1.29 is 4.79 Å². The maximum atomic E-state index is 12.4. The van der Waals surface area contributed by atoms with Gasteiger partial charge in [-0.15, -0.1) is 0 Å². The minimum absolute atomic E-state index is 0.134. The summed E-state index contributed by atoms with van der Waals surface area (Å²) in [7, 11) is 0. The van der Waals surface area contributed by atoms with Crippen molar-refractivity contribution >= 4 is 39.9 Å². The molecule has 0 bridgehead atoms. The number of carbonyl (C=O) groups is 1. The fraction of sp³-hybridized carbons (Fsp3) is 0.263. The van der Waals surface area contributed by atoms with Crippen LogP contribution in [0.25, 0.3) is 0 Å². The predicted molar refractivity (Wildman–Crippen MR) is 108 cm³/mol. The molecule has 0 saturated heterocycles. The normalized spacial score (nSPS) is 12.6. The number of anilines is 1. The summed E-state index contributed by atoms with van der Waals surface area (Å²) < 4.78 is 1.18. The molecular weight excluding hydrogens is 413 g/mol. The zero-order valence-electron chi connectivity index (χ0n) is 14.1. The van der Waals surface area contributed by atoms with Crippen LogP contribution in [0.5, 0.6) is 0 Å². The Balaban J connectivity index is 2.03. The number of hydrogen-bond acceptors (Lipinski definition) is 3. The van der Waals surface area contributed by atoms with Crippen LogP contribution in [0.3, 0.4) is 0 Å². The van der Waals surface area contributed by atoms with Crippen molar-refractivity contribution in [2.75, 3.05) is 5.32 Å². The molecule has 1 atom stereocenters. The Morgan fingerprint density at radius 3 is 2.54 bits per heavy atom. The maximum absolute atomic E-state index is 12.4. The van der Waals surface area contributed by atoms with Crippen LogP contribution in [-0.2, 0) is 4.79 Å². The van der Waals surface area contributed by atoms with Crippen LogP contribution in [0, 0.1) is 10.5 Å². The van der Waals surface area contributed by atoms with Gasteiger partial charge in [0.05, 0.1) is 5.71 Å². The minimum Gasteiger partial charge on any atom is -0.373 e. The molecule has 126 valence electrons. The molecule has 0 radical (unpaired) electrons. The summed E-state index contributed by atoms with van der Waals surface area (Å²) in [6.07, 6.45) is 0.678. The number of benzene rings is 2. The highest BCUT2D eigenvalue weighted by atomic mass is 127. The fourth-order valence-corrected chi connectivity index (χ4v) is 2.94. The molecule has 0 heterocycles. The number of carbonyl (C=O) groups excluding carboxylic acids is 1. The third kappa shape index (κ3) is 5.06. The lowest BCUT2D eigenvalue weighted by Crippen LogP contribution is -2.37. The molecular formula is C19H22IN3O.